The van der Waals surface area contributed by atoms with Crippen LogP contribution < -0.4 is 10.6 Å². The maximum Gasteiger partial charge on any atom is 0.319 e. The summed E-state index contributed by atoms with van der Waals surface area (Å²) in [6.45, 7) is 8.90. The van der Waals surface area contributed by atoms with E-state index in [0.717, 1.165) is 24.1 Å². The van der Waals surface area contributed by atoms with Gasteiger partial charge in [-0.1, -0.05) is 39.8 Å². The summed E-state index contributed by atoms with van der Waals surface area (Å²) in [4.78, 5) is 12.0. The molecule has 1 rings (SSSR count). The van der Waals surface area contributed by atoms with Crippen molar-refractivity contribution in [2.75, 3.05) is 18.5 Å². The van der Waals surface area contributed by atoms with Crippen LogP contribution in [0.25, 0.3) is 0 Å². The second-order valence-corrected chi connectivity index (χ2v) is 6.14. The Labute approximate surface area is 128 Å². The largest absolute Gasteiger partial charge is 0.396 e. The molecule has 0 atom stereocenters. The standard InChI is InChI=1S/C17H28N2O2/c1-5-13-7-8-14(6-2)15(11-13)19-16(21)18-12-17(3,4)9-10-20/h7-8,11,20H,5-6,9-10,12H2,1-4H3,(H2,18,19,21). The van der Waals surface area contributed by atoms with Crippen LogP contribution in [0.15, 0.2) is 18.2 Å². The summed E-state index contributed by atoms with van der Waals surface area (Å²) < 4.78 is 0. The quantitative estimate of drug-likeness (QED) is 0.722. The number of anilines is 1. The summed E-state index contributed by atoms with van der Waals surface area (Å²) in [5.74, 6) is 0. The summed E-state index contributed by atoms with van der Waals surface area (Å²) in [7, 11) is 0. The van der Waals surface area contributed by atoms with Crippen LogP contribution in [0.1, 0.15) is 45.2 Å². The molecule has 0 aliphatic carbocycles. The van der Waals surface area contributed by atoms with Gasteiger partial charge in [0.15, 0.2) is 0 Å². The van der Waals surface area contributed by atoms with E-state index in [9.17, 15) is 4.79 Å². The van der Waals surface area contributed by atoms with Gasteiger partial charge in [-0.15, -0.1) is 0 Å². The molecule has 4 nitrogen and oxygen atoms in total. The number of amides is 2. The van der Waals surface area contributed by atoms with Gasteiger partial charge in [-0.25, -0.2) is 4.79 Å². The Hall–Kier alpha value is -1.55. The van der Waals surface area contributed by atoms with Crippen molar-refractivity contribution in [1.82, 2.24) is 5.32 Å². The van der Waals surface area contributed by atoms with E-state index in [1.165, 1.54) is 5.56 Å². The van der Waals surface area contributed by atoms with Crippen molar-refractivity contribution in [3.63, 3.8) is 0 Å². The van der Waals surface area contributed by atoms with E-state index in [1.807, 2.05) is 19.9 Å². The highest BCUT2D eigenvalue weighted by Crippen LogP contribution is 2.20. The van der Waals surface area contributed by atoms with Crippen LogP contribution in [0.5, 0.6) is 0 Å². The molecule has 0 spiro atoms. The van der Waals surface area contributed by atoms with Crippen molar-refractivity contribution in [3.05, 3.63) is 29.3 Å². The third kappa shape index (κ3) is 5.76. The Morgan fingerprint density at radius 3 is 2.52 bits per heavy atom. The molecule has 4 heteroatoms. The molecule has 0 saturated heterocycles. The molecule has 2 amide bonds. The molecule has 3 N–H and O–H groups in total. The monoisotopic (exact) mass is 292 g/mol. The third-order valence-electron chi connectivity index (χ3n) is 3.73. The van der Waals surface area contributed by atoms with Gasteiger partial charge in [-0.2, -0.15) is 0 Å². The number of hydrogen-bond donors (Lipinski definition) is 3. The fourth-order valence-corrected chi connectivity index (χ4v) is 2.15. The zero-order chi connectivity index (χ0) is 15.9. The first-order valence-electron chi connectivity index (χ1n) is 7.69. The molecule has 0 heterocycles. The summed E-state index contributed by atoms with van der Waals surface area (Å²) >= 11 is 0. The zero-order valence-corrected chi connectivity index (χ0v) is 13.6. The van der Waals surface area contributed by atoms with E-state index in [0.29, 0.717) is 13.0 Å². The van der Waals surface area contributed by atoms with Crippen molar-refractivity contribution in [3.8, 4) is 0 Å². The average Bonchev–Trinajstić information content (AvgIpc) is 2.45. The average molecular weight is 292 g/mol. The molecule has 0 bridgehead atoms. The van der Waals surface area contributed by atoms with E-state index < -0.39 is 0 Å². The predicted octanol–water partition coefficient (Wildman–Crippen LogP) is 3.34. The molecule has 0 aliphatic heterocycles. The number of benzene rings is 1. The molecular weight excluding hydrogens is 264 g/mol. The summed E-state index contributed by atoms with van der Waals surface area (Å²) in [5, 5.41) is 14.8. The molecule has 1 aromatic rings. The highest BCUT2D eigenvalue weighted by Gasteiger charge is 2.18. The topological polar surface area (TPSA) is 61.4 Å². The Bertz CT molecular complexity index is 470. The highest BCUT2D eigenvalue weighted by molar-refractivity contribution is 5.90. The van der Waals surface area contributed by atoms with Crippen molar-refractivity contribution in [2.45, 2.75) is 47.0 Å². The van der Waals surface area contributed by atoms with Crippen LogP contribution in [-0.2, 0) is 12.8 Å². The first kappa shape index (κ1) is 17.5. The van der Waals surface area contributed by atoms with Crippen LogP contribution >= 0.6 is 0 Å². The van der Waals surface area contributed by atoms with Crippen LogP contribution in [0.2, 0.25) is 0 Å². The number of aryl methyl sites for hydroxylation is 2. The second-order valence-electron chi connectivity index (χ2n) is 6.14. The third-order valence-corrected chi connectivity index (χ3v) is 3.73. The molecule has 1 aromatic carbocycles. The first-order chi connectivity index (χ1) is 9.91. The molecular formula is C17H28N2O2. The summed E-state index contributed by atoms with van der Waals surface area (Å²) in [5.41, 5.74) is 3.12. The molecule has 21 heavy (non-hydrogen) atoms. The lowest BCUT2D eigenvalue weighted by atomic mass is 9.90. The molecule has 0 radical (unpaired) electrons. The van der Waals surface area contributed by atoms with Crippen molar-refractivity contribution >= 4 is 11.7 Å². The van der Waals surface area contributed by atoms with E-state index in [4.69, 9.17) is 5.11 Å². The lowest BCUT2D eigenvalue weighted by Gasteiger charge is -2.24. The van der Waals surface area contributed by atoms with Gasteiger partial charge < -0.3 is 15.7 Å². The zero-order valence-electron chi connectivity index (χ0n) is 13.6. The number of carbonyl (C=O) groups is 1. The van der Waals surface area contributed by atoms with Crippen LogP contribution in [0, 0.1) is 5.41 Å². The van der Waals surface area contributed by atoms with E-state index in [2.05, 4.69) is 36.6 Å². The van der Waals surface area contributed by atoms with Crippen LogP contribution in [0.3, 0.4) is 0 Å². The van der Waals surface area contributed by atoms with Crippen molar-refractivity contribution in [2.24, 2.45) is 5.41 Å². The molecule has 0 fully saturated rings. The Morgan fingerprint density at radius 1 is 1.24 bits per heavy atom. The Balaban J connectivity index is 2.66. The Morgan fingerprint density at radius 2 is 1.95 bits per heavy atom. The highest BCUT2D eigenvalue weighted by atomic mass is 16.3. The maximum atomic E-state index is 12.0. The molecule has 0 unspecified atom stereocenters. The SMILES string of the molecule is CCc1ccc(CC)c(NC(=O)NCC(C)(C)CCO)c1. The lowest BCUT2D eigenvalue weighted by molar-refractivity contribution is 0.204. The van der Waals surface area contributed by atoms with Gasteiger partial charge in [-0.3, -0.25) is 0 Å². The van der Waals surface area contributed by atoms with Crippen molar-refractivity contribution in [1.29, 1.82) is 0 Å². The number of urea groups is 1. The van der Waals surface area contributed by atoms with Crippen LogP contribution in [-0.4, -0.2) is 24.3 Å². The van der Waals surface area contributed by atoms with Crippen LogP contribution in [0.4, 0.5) is 10.5 Å². The molecule has 0 aliphatic rings. The van der Waals surface area contributed by atoms with Gasteiger partial charge in [0.25, 0.3) is 0 Å². The number of rotatable bonds is 7. The smallest absolute Gasteiger partial charge is 0.319 e. The predicted molar refractivity (Wildman–Crippen MR) is 87.7 cm³/mol. The molecule has 118 valence electrons. The minimum absolute atomic E-state index is 0.106. The van der Waals surface area contributed by atoms with Gasteiger partial charge in [0.2, 0.25) is 0 Å². The number of aliphatic hydroxyl groups is 1. The fourth-order valence-electron chi connectivity index (χ4n) is 2.15. The minimum Gasteiger partial charge on any atom is -0.396 e. The fraction of sp³-hybridized carbons (Fsp3) is 0.588. The van der Waals surface area contributed by atoms with Gasteiger partial charge in [0.05, 0.1) is 0 Å². The maximum absolute atomic E-state index is 12.0. The van der Waals surface area contributed by atoms with Gasteiger partial charge in [0.1, 0.15) is 0 Å². The normalized spacial score (nSPS) is 11.3. The number of nitrogens with one attached hydrogen (secondary N) is 2. The van der Waals surface area contributed by atoms with E-state index >= 15 is 0 Å². The number of hydrogen-bond acceptors (Lipinski definition) is 2. The van der Waals surface area contributed by atoms with Gasteiger partial charge in [-0.05, 0) is 41.9 Å². The second kappa shape index (κ2) is 8.03. The van der Waals surface area contributed by atoms with E-state index in [-0.39, 0.29) is 18.1 Å². The lowest BCUT2D eigenvalue weighted by Crippen LogP contribution is -2.37. The van der Waals surface area contributed by atoms with E-state index in [1.54, 1.807) is 0 Å². The number of aliphatic hydroxyl groups excluding tert-OH is 1. The first-order valence-corrected chi connectivity index (χ1v) is 7.69. The van der Waals surface area contributed by atoms with Gasteiger partial charge >= 0.3 is 6.03 Å². The minimum atomic E-state index is -0.191. The van der Waals surface area contributed by atoms with Crippen molar-refractivity contribution < 1.29 is 9.90 Å². The Kier molecular flexibility index (Phi) is 6.69. The molecule has 0 aromatic heterocycles. The molecule has 0 saturated carbocycles. The summed E-state index contributed by atoms with van der Waals surface area (Å²) in [6.07, 6.45) is 2.50. The van der Waals surface area contributed by atoms with Gasteiger partial charge in [0, 0.05) is 18.8 Å². The summed E-state index contributed by atoms with van der Waals surface area (Å²) in [6, 6.07) is 6.03. The number of carbonyl (C=O) groups excluding carboxylic acids is 1.